The molecule has 0 saturated carbocycles. The number of halogens is 1. The molecule has 0 spiro atoms. The van der Waals surface area contributed by atoms with Gasteiger partial charge in [0, 0.05) is 6.20 Å². The lowest BCUT2D eigenvalue weighted by Crippen LogP contribution is -1.91. The molecule has 2 heteroatoms. The van der Waals surface area contributed by atoms with Crippen molar-refractivity contribution in [2.24, 2.45) is 0 Å². The summed E-state index contributed by atoms with van der Waals surface area (Å²) in [5.74, 6) is 0.447. The molecular formula is C9H12FN. The van der Waals surface area contributed by atoms with E-state index in [9.17, 15) is 4.39 Å². The van der Waals surface area contributed by atoms with E-state index in [4.69, 9.17) is 0 Å². The molecule has 0 aliphatic carbocycles. The number of alkyl halides is 1. The highest BCUT2D eigenvalue weighted by atomic mass is 19.1. The van der Waals surface area contributed by atoms with E-state index >= 15 is 0 Å². The van der Waals surface area contributed by atoms with E-state index in [1.165, 1.54) is 0 Å². The number of aromatic nitrogens is 1. The van der Waals surface area contributed by atoms with Crippen molar-refractivity contribution >= 4 is 0 Å². The first-order valence-corrected chi connectivity index (χ1v) is 3.75. The summed E-state index contributed by atoms with van der Waals surface area (Å²) >= 11 is 0. The van der Waals surface area contributed by atoms with Crippen molar-refractivity contribution < 1.29 is 4.39 Å². The first-order valence-electron chi connectivity index (χ1n) is 3.75. The van der Waals surface area contributed by atoms with E-state index < -0.39 is 6.67 Å². The Morgan fingerprint density at radius 2 is 2.27 bits per heavy atom. The molecule has 1 aromatic heterocycles. The fourth-order valence-electron chi connectivity index (χ4n) is 0.929. The van der Waals surface area contributed by atoms with Gasteiger partial charge in [-0.05, 0) is 23.6 Å². The lowest BCUT2D eigenvalue weighted by Gasteiger charge is -2.04. The molecule has 1 aromatic rings. The molecule has 0 aliphatic heterocycles. The molecule has 60 valence electrons. The van der Waals surface area contributed by atoms with Gasteiger partial charge in [-0.3, -0.25) is 4.98 Å². The quantitative estimate of drug-likeness (QED) is 0.636. The van der Waals surface area contributed by atoms with Crippen molar-refractivity contribution in [2.45, 2.75) is 26.4 Å². The van der Waals surface area contributed by atoms with Crippen molar-refractivity contribution in [3.63, 3.8) is 0 Å². The fraction of sp³-hybridized carbons (Fsp3) is 0.444. The Labute approximate surface area is 66.3 Å². The smallest absolute Gasteiger partial charge is 0.131 e. The van der Waals surface area contributed by atoms with Crippen molar-refractivity contribution in [2.75, 3.05) is 0 Å². The van der Waals surface area contributed by atoms with Crippen LogP contribution in [0.1, 0.15) is 31.0 Å². The molecule has 0 amide bonds. The van der Waals surface area contributed by atoms with Crippen LogP contribution in [0.2, 0.25) is 0 Å². The van der Waals surface area contributed by atoms with Gasteiger partial charge in [0.15, 0.2) is 0 Å². The number of rotatable bonds is 2. The normalized spacial score (nSPS) is 10.5. The predicted octanol–water partition coefficient (Wildman–Crippen LogP) is 2.67. The monoisotopic (exact) mass is 153 g/mol. The van der Waals surface area contributed by atoms with Gasteiger partial charge >= 0.3 is 0 Å². The lowest BCUT2D eigenvalue weighted by atomic mass is 10.0. The summed E-state index contributed by atoms with van der Waals surface area (Å²) in [6.45, 7) is 3.69. The Kier molecular flexibility index (Phi) is 2.58. The topological polar surface area (TPSA) is 12.9 Å². The molecule has 0 aromatic carbocycles. The standard InChI is InChI=1S/C9H12FN/c1-7(2)8-3-4-11-9(5-8)6-10/h3-5,7H,6H2,1-2H3. The molecule has 0 aliphatic rings. The summed E-state index contributed by atoms with van der Waals surface area (Å²) in [7, 11) is 0. The van der Waals surface area contributed by atoms with E-state index in [0.717, 1.165) is 5.56 Å². The van der Waals surface area contributed by atoms with E-state index in [1.54, 1.807) is 6.20 Å². The highest BCUT2D eigenvalue weighted by molar-refractivity contribution is 5.18. The van der Waals surface area contributed by atoms with Gasteiger partial charge < -0.3 is 0 Å². The largest absolute Gasteiger partial charge is 0.258 e. The maximum Gasteiger partial charge on any atom is 0.131 e. The molecule has 0 atom stereocenters. The van der Waals surface area contributed by atoms with Gasteiger partial charge in [-0.15, -0.1) is 0 Å². The molecule has 0 fully saturated rings. The van der Waals surface area contributed by atoms with Crippen LogP contribution in [0.15, 0.2) is 18.3 Å². The van der Waals surface area contributed by atoms with E-state index in [2.05, 4.69) is 18.8 Å². The zero-order valence-corrected chi connectivity index (χ0v) is 6.84. The summed E-state index contributed by atoms with van der Waals surface area (Å²) in [5, 5.41) is 0. The van der Waals surface area contributed by atoms with Crippen molar-refractivity contribution in [3.05, 3.63) is 29.6 Å². The maximum absolute atomic E-state index is 12.1. The summed E-state index contributed by atoms with van der Waals surface area (Å²) in [6, 6.07) is 3.73. The third kappa shape index (κ3) is 2.00. The molecule has 0 unspecified atom stereocenters. The van der Waals surface area contributed by atoms with Crippen molar-refractivity contribution in [1.29, 1.82) is 0 Å². The zero-order valence-electron chi connectivity index (χ0n) is 6.84. The summed E-state index contributed by atoms with van der Waals surface area (Å²) in [6.07, 6.45) is 1.66. The Bertz CT molecular complexity index is 233. The number of nitrogens with zero attached hydrogens (tertiary/aromatic N) is 1. The molecule has 0 bridgehead atoms. The highest BCUT2D eigenvalue weighted by Crippen LogP contribution is 2.14. The molecule has 1 nitrogen and oxygen atoms in total. The Morgan fingerprint density at radius 1 is 1.55 bits per heavy atom. The fourth-order valence-corrected chi connectivity index (χ4v) is 0.929. The minimum atomic E-state index is -0.472. The second-order valence-corrected chi connectivity index (χ2v) is 2.87. The van der Waals surface area contributed by atoms with Gasteiger partial charge in [0.05, 0.1) is 5.69 Å². The minimum Gasteiger partial charge on any atom is -0.258 e. The Hall–Kier alpha value is -0.920. The Balaban J connectivity index is 2.91. The van der Waals surface area contributed by atoms with Gasteiger partial charge in [-0.2, -0.15) is 0 Å². The molecule has 0 saturated heterocycles. The predicted molar refractivity (Wildman–Crippen MR) is 43.1 cm³/mol. The maximum atomic E-state index is 12.1. The van der Waals surface area contributed by atoms with Crippen LogP contribution in [0.4, 0.5) is 4.39 Å². The summed E-state index contributed by atoms with van der Waals surface area (Å²) < 4.78 is 12.1. The van der Waals surface area contributed by atoms with Gasteiger partial charge in [0.2, 0.25) is 0 Å². The van der Waals surface area contributed by atoms with Gasteiger partial charge in [0.1, 0.15) is 6.67 Å². The van der Waals surface area contributed by atoms with Crippen molar-refractivity contribution in [3.8, 4) is 0 Å². The highest BCUT2D eigenvalue weighted by Gasteiger charge is 1.99. The summed E-state index contributed by atoms with van der Waals surface area (Å²) in [4.78, 5) is 3.87. The van der Waals surface area contributed by atoms with Crippen LogP contribution in [-0.4, -0.2) is 4.98 Å². The lowest BCUT2D eigenvalue weighted by molar-refractivity contribution is 0.475. The molecule has 1 heterocycles. The van der Waals surface area contributed by atoms with Gasteiger partial charge in [-0.25, -0.2) is 4.39 Å². The average Bonchev–Trinajstić information content (AvgIpc) is 2.05. The van der Waals surface area contributed by atoms with Crippen molar-refractivity contribution in [1.82, 2.24) is 4.98 Å². The van der Waals surface area contributed by atoms with Gasteiger partial charge in [-0.1, -0.05) is 13.8 Å². The van der Waals surface area contributed by atoms with E-state index in [-0.39, 0.29) is 0 Å². The van der Waals surface area contributed by atoms with Crippen LogP contribution in [0, 0.1) is 0 Å². The third-order valence-electron chi connectivity index (χ3n) is 1.64. The van der Waals surface area contributed by atoms with Crippen LogP contribution in [0.5, 0.6) is 0 Å². The molecule has 11 heavy (non-hydrogen) atoms. The first-order chi connectivity index (χ1) is 5.24. The second kappa shape index (κ2) is 3.46. The summed E-state index contributed by atoms with van der Waals surface area (Å²) in [5.41, 5.74) is 1.67. The average molecular weight is 153 g/mol. The molecular weight excluding hydrogens is 141 g/mol. The van der Waals surface area contributed by atoms with Crippen LogP contribution >= 0.6 is 0 Å². The van der Waals surface area contributed by atoms with E-state index in [1.807, 2.05) is 12.1 Å². The van der Waals surface area contributed by atoms with Crippen LogP contribution in [-0.2, 0) is 6.67 Å². The molecule has 1 rings (SSSR count). The number of hydrogen-bond donors (Lipinski definition) is 0. The Morgan fingerprint density at radius 3 is 2.82 bits per heavy atom. The van der Waals surface area contributed by atoms with Crippen LogP contribution in [0.3, 0.4) is 0 Å². The zero-order chi connectivity index (χ0) is 8.27. The second-order valence-electron chi connectivity index (χ2n) is 2.87. The van der Waals surface area contributed by atoms with E-state index in [0.29, 0.717) is 11.6 Å². The molecule has 0 N–H and O–H groups in total. The minimum absolute atomic E-state index is 0.447. The molecule has 0 radical (unpaired) electrons. The van der Waals surface area contributed by atoms with Crippen LogP contribution < -0.4 is 0 Å². The SMILES string of the molecule is CC(C)c1ccnc(CF)c1. The third-order valence-corrected chi connectivity index (χ3v) is 1.64. The number of hydrogen-bond acceptors (Lipinski definition) is 1. The van der Waals surface area contributed by atoms with Crippen LogP contribution in [0.25, 0.3) is 0 Å². The van der Waals surface area contributed by atoms with Gasteiger partial charge in [0.25, 0.3) is 0 Å². The number of pyridine rings is 1. The first kappa shape index (κ1) is 8.18.